The molecule has 0 unspecified atom stereocenters. The van der Waals surface area contributed by atoms with Crippen LogP contribution in [0.25, 0.3) is 0 Å². The molecule has 1 amide bonds. The number of piperazine rings is 2. The molecule has 2 saturated heterocycles. The molecule has 1 aromatic heterocycles. The van der Waals surface area contributed by atoms with Crippen LogP contribution >= 0.6 is 0 Å². The monoisotopic (exact) mass is 289 g/mol. The molecule has 6 heteroatoms. The number of hydrogen-bond acceptors (Lipinski definition) is 5. The van der Waals surface area contributed by atoms with Gasteiger partial charge in [-0.15, -0.1) is 0 Å². The summed E-state index contributed by atoms with van der Waals surface area (Å²) in [6.07, 6.45) is 5.57. The van der Waals surface area contributed by atoms with Crippen molar-refractivity contribution in [3.05, 3.63) is 18.1 Å². The number of rotatable bonds is 3. The van der Waals surface area contributed by atoms with Crippen LogP contribution in [-0.4, -0.2) is 71.5 Å². The number of hydrogen-bond donors (Lipinski definition) is 0. The maximum atomic E-state index is 12.4. The number of aryl methyl sites for hydroxylation is 1. The maximum Gasteiger partial charge on any atom is 0.241 e. The molecule has 0 aliphatic carbocycles. The van der Waals surface area contributed by atoms with Crippen molar-refractivity contribution in [1.82, 2.24) is 19.8 Å². The summed E-state index contributed by atoms with van der Waals surface area (Å²) in [7, 11) is 1.89. The third-order valence-electron chi connectivity index (χ3n) is 4.46. The highest BCUT2D eigenvalue weighted by Crippen LogP contribution is 2.23. The van der Waals surface area contributed by atoms with E-state index in [1.54, 1.807) is 6.33 Å². The quantitative estimate of drug-likeness (QED) is 0.806. The molecule has 1 aromatic rings. The Balaban J connectivity index is 1.80. The molecule has 114 valence electrons. The van der Waals surface area contributed by atoms with Gasteiger partial charge in [0.1, 0.15) is 18.2 Å². The summed E-state index contributed by atoms with van der Waals surface area (Å²) in [5.41, 5.74) is 1.19. The van der Waals surface area contributed by atoms with Crippen molar-refractivity contribution in [2.45, 2.75) is 25.8 Å². The molecular formula is C15H23N5O. The second kappa shape index (κ2) is 5.97. The first-order chi connectivity index (χ1) is 10.2. The molecule has 3 heterocycles. The molecular weight excluding hydrogens is 266 g/mol. The van der Waals surface area contributed by atoms with Gasteiger partial charge in [-0.3, -0.25) is 9.69 Å². The first kappa shape index (κ1) is 14.3. The summed E-state index contributed by atoms with van der Waals surface area (Å²) < 4.78 is 0. The lowest BCUT2D eigenvalue weighted by atomic mass is 10.1. The molecule has 0 radical (unpaired) electrons. The first-order valence-electron chi connectivity index (χ1n) is 7.73. The van der Waals surface area contributed by atoms with Crippen molar-refractivity contribution in [2.75, 3.05) is 44.7 Å². The van der Waals surface area contributed by atoms with Gasteiger partial charge in [-0.05, 0) is 6.42 Å². The predicted molar refractivity (Wildman–Crippen MR) is 81.2 cm³/mol. The Morgan fingerprint density at radius 2 is 2.10 bits per heavy atom. The highest BCUT2D eigenvalue weighted by molar-refractivity contribution is 5.83. The Hall–Kier alpha value is -1.69. The van der Waals surface area contributed by atoms with Crippen molar-refractivity contribution in [2.24, 2.45) is 0 Å². The predicted octanol–water partition coefficient (Wildman–Crippen LogP) is 0.392. The van der Waals surface area contributed by atoms with Gasteiger partial charge in [-0.1, -0.05) is 13.3 Å². The fraction of sp³-hybridized carbons (Fsp3) is 0.667. The molecule has 1 atom stereocenters. The number of anilines is 1. The highest BCUT2D eigenvalue weighted by atomic mass is 16.2. The zero-order valence-electron chi connectivity index (χ0n) is 12.8. The molecule has 0 aromatic carbocycles. The zero-order chi connectivity index (χ0) is 14.8. The van der Waals surface area contributed by atoms with Crippen LogP contribution in [0.3, 0.4) is 0 Å². The van der Waals surface area contributed by atoms with Crippen molar-refractivity contribution < 1.29 is 4.79 Å². The molecule has 0 bridgehead atoms. The second-order valence-corrected chi connectivity index (χ2v) is 5.88. The fourth-order valence-corrected chi connectivity index (χ4v) is 3.24. The molecule has 6 nitrogen and oxygen atoms in total. The van der Waals surface area contributed by atoms with Crippen LogP contribution in [0.4, 0.5) is 5.82 Å². The minimum atomic E-state index is -0.0260. The minimum absolute atomic E-state index is 0.0260. The lowest BCUT2D eigenvalue weighted by Gasteiger charge is -2.46. The van der Waals surface area contributed by atoms with Gasteiger partial charge in [0, 0.05) is 51.5 Å². The number of aromatic nitrogens is 2. The highest BCUT2D eigenvalue weighted by Gasteiger charge is 2.37. The van der Waals surface area contributed by atoms with Crippen LogP contribution in [0.2, 0.25) is 0 Å². The molecule has 2 aliphatic rings. The van der Waals surface area contributed by atoms with E-state index in [9.17, 15) is 4.79 Å². The van der Waals surface area contributed by atoms with Gasteiger partial charge in [-0.25, -0.2) is 9.97 Å². The van der Waals surface area contributed by atoms with Gasteiger partial charge in [0.2, 0.25) is 5.91 Å². The van der Waals surface area contributed by atoms with Crippen LogP contribution in [0.1, 0.15) is 18.9 Å². The fourth-order valence-electron chi connectivity index (χ4n) is 3.24. The Morgan fingerprint density at radius 3 is 2.90 bits per heavy atom. The average molecular weight is 289 g/mol. The third kappa shape index (κ3) is 2.72. The van der Waals surface area contributed by atoms with Crippen molar-refractivity contribution in [3.63, 3.8) is 0 Å². The molecule has 0 saturated carbocycles. The van der Waals surface area contributed by atoms with Crippen LogP contribution in [0.15, 0.2) is 12.5 Å². The average Bonchev–Trinajstić information content (AvgIpc) is 2.52. The normalized spacial score (nSPS) is 23.3. The number of amides is 1. The number of carbonyl (C=O) groups is 1. The van der Waals surface area contributed by atoms with E-state index >= 15 is 0 Å². The molecule has 0 spiro atoms. The van der Waals surface area contributed by atoms with Crippen LogP contribution in [0, 0.1) is 0 Å². The van der Waals surface area contributed by atoms with Gasteiger partial charge < -0.3 is 9.80 Å². The molecule has 21 heavy (non-hydrogen) atoms. The number of likely N-dealkylation sites (N-methyl/N-ethyl adjacent to an activating group) is 1. The van der Waals surface area contributed by atoms with Gasteiger partial charge in [0.05, 0.1) is 0 Å². The van der Waals surface area contributed by atoms with Crippen LogP contribution in [-0.2, 0) is 11.2 Å². The van der Waals surface area contributed by atoms with Crippen LogP contribution in [0.5, 0.6) is 0 Å². The third-order valence-corrected chi connectivity index (χ3v) is 4.46. The van der Waals surface area contributed by atoms with Gasteiger partial charge in [0.25, 0.3) is 0 Å². The van der Waals surface area contributed by atoms with E-state index in [1.807, 2.05) is 18.1 Å². The largest absolute Gasteiger partial charge is 0.353 e. The first-order valence-corrected chi connectivity index (χ1v) is 7.73. The Kier molecular flexibility index (Phi) is 4.05. The summed E-state index contributed by atoms with van der Waals surface area (Å²) >= 11 is 0. The maximum absolute atomic E-state index is 12.4. The van der Waals surface area contributed by atoms with E-state index in [4.69, 9.17) is 0 Å². The minimum Gasteiger partial charge on any atom is -0.353 e. The number of carbonyl (C=O) groups excluding carboxylic acids is 1. The Bertz CT molecular complexity index is 521. The van der Waals surface area contributed by atoms with E-state index < -0.39 is 0 Å². The summed E-state index contributed by atoms with van der Waals surface area (Å²) in [5.74, 6) is 1.24. The SMILES string of the molecule is CCCc1cncnc1N1CCN2CCN(C)C(=O)[C@H]2C1. The molecule has 2 fully saturated rings. The van der Waals surface area contributed by atoms with E-state index in [0.29, 0.717) is 0 Å². The summed E-state index contributed by atoms with van der Waals surface area (Å²) in [4.78, 5) is 27.4. The standard InChI is InChI=1S/C15H23N5O/c1-3-4-12-9-16-11-17-14(12)20-8-7-19-6-5-18(2)15(21)13(19)10-20/h9,11,13H,3-8,10H2,1-2H3/t13-/m1/s1. The van der Waals surface area contributed by atoms with Crippen LogP contribution < -0.4 is 4.90 Å². The second-order valence-electron chi connectivity index (χ2n) is 5.88. The Labute approximate surface area is 125 Å². The van der Waals surface area contributed by atoms with Crippen molar-refractivity contribution >= 4 is 11.7 Å². The van der Waals surface area contributed by atoms with E-state index in [2.05, 4.69) is 26.7 Å². The zero-order valence-corrected chi connectivity index (χ0v) is 12.8. The summed E-state index contributed by atoms with van der Waals surface area (Å²) in [6, 6.07) is -0.0260. The topological polar surface area (TPSA) is 52.6 Å². The smallest absolute Gasteiger partial charge is 0.241 e. The molecule has 2 aliphatic heterocycles. The van der Waals surface area contributed by atoms with Gasteiger partial charge in [0.15, 0.2) is 0 Å². The lowest BCUT2D eigenvalue weighted by Crippen LogP contribution is -2.64. The van der Waals surface area contributed by atoms with Gasteiger partial charge in [-0.2, -0.15) is 0 Å². The molecule has 0 N–H and O–H groups in total. The molecule has 3 rings (SSSR count). The van der Waals surface area contributed by atoms with Crippen molar-refractivity contribution in [3.8, 4) is 0 Å². The number of fused-ring (bicyclic) bond motifs is 1. The van der Waals surface area contributed by atoms with Gasteiger partial charge >= 0.3 is 0 Å². The van der Waals surface area contributed by atoms with Crippen molar-refractivity contribution in [1.29, 1.82) is 0 Å². The number of nitrogens with zero attached hydrogens (tertiary/aromatic N) is 5. The summed E-state index contributed by atoms with van der Waals surface area (Å²) in [5, 5.41) is 0. The Morgan fingerprint density at radius 1 is 1.29 bits per heavy atom. The van der Waals surface area contributed by atoms with E-state index in [0.717, 1.165) is 51.4 Å². The lowest BCUT2D eigenvalue weighted by molar-refractivity contribution is -0.140. The van der Waals surface area contributed by atoms with E-state index in [1.165, 1.54) is 5.56 Å². The van der Waals surface area contributed by atoms with E-state index in [-0.39, 0.29) is 11.9 Å². The summed E-state index contributed by atoms with van der Waals surface area (Å²) in [6.45, 7) is 6.57.